The molecule has 7 nitrogen and oxygen atoms in total. The van der Waals surface area contributed by atoms with E-state index in [2.05, 4.69) is 22.2 Å². The highest BCUT2D eigenvalue weighted by Gasteiger charge is 2.33. The molecule has 8 heteroatoms. The fourth-order valence-corrected chi connectivity index (χ4v) is 5.94. The quantitative estimate of drug-likeness (QED) is 0.339. The number of ether oxygens (including phenoxy) is 1. The van der Waals surface area contributed by atoms with Crippen molar-refractivity contribution in [1.29, 1.82) is 0 Å². The van der Waals surface area contributed by atoms with Gasteiger partial charge < -0.3 is 19.3 Å². The Morgan fingerprint density at radius 1 is 1.17 bits per heavy atom. The monoisotopic (exact) mass is 489 g/mol. The number of thiazole rings is 1. The normalized spacial score (nSPS) is 16.8. The van der Waals surface area contributed by atoms with Gasteiger partial charge in [0.15, 0.2) is 5.13 Å². The van der Waals surface area contributed by atoms with Gasteiger partial charge in [0.05, 0.1) is 28.5 Å². The molecule has 2 aromatic carbocycles. The summed E-state index contributed by atoms with van der Waals surface area (Å²) in [5.74, 6) is 0.562. The first-order valence-corrected chi connectivity index (χ1v) is 12.9. The Morgan fingerprint density at radius 3 is 2.66 bits per heavy atom. The molecule has 2 fully saturated rings. The standard InChI is InChI=1S/C27H27N3O4S/c1-16-13-19(26(31)32)14-22-23(16)28-27(35-22)30-11-9-20(10-12-30)33-15-21-24(17-5-3-2-4-6-17)29-34-25(21)18-7-8-18/h2-6,13-14,18,20H,7-12,15H2,1H3,(H,31,32). The Morgan fingerprint density at radius 2 is 1.94 bits per heavy atom. The summed E-state index contributed by atoms with van der Waals surface area (Å²) in [6, 6.07) is 13.6. The van der Waals surface area contributed by atoms with Crippen LogP contribution in [0.5, 0.6) is 0 Å². The number of carbonyl (C=O) groups is 1. The zero-order chi connectivity index (χ0) is 23.9. The molecule has 1 saturated carbocycles. The van der Waals surface area contributed by atoms with Crippen LogP contribution in [0.15, 0.2) is 47.0 Å². The van der Waals surface area contributed by atoms with Crippen molar-refractivity contribution >= 4 is 32.7 Å². The van der Waals surface area contributed by atoms with Crippen LogP contribution in [-0.2, 0) is 11.3 Å². The third-order valence-electron chi connectivity index (χ3n) is 6.91. The van der Waals surface area contributed by atoms with Crippen LogP contribution >= 0.6 is 11.3 Å². The lowest BCUT2D eigenvalue weighted by Crippen LogP contribution is -2.37. The van der Waals surface area contributed by atoms with Gasteiger partial charge in [-0.2, -0.15) is 0 Å². The van der Waals surface area contributed by atoms with Crippen LogP contribution < -0.4 is 4.90 Å². The number of aryl methyl sites for hydroxylation is 1. The predicted molar refractivity (Wildman–Crippen MR) is 135 cm³/mol. The molecule has 1 N–H and O–H groups in total. The van der Waals surface area contributed by atoms with Gasteiger partial charge in [-0.15, -0.1) is 0 Å². The third kappa shape index (κ3) is 4.44. The van der Waals surface area contributed by atoms with Gasteiger partial charge in [0.25, 0.3) is 0 Å². The topological polar surface area (TPSA) is 88.7 Å². The van der Waals surface area contributed by atoms with Crippen LogP contribution in [0.4, 0.5) is 5.13 Å². The maximum atomic E-state index is 11.4. The molecule has 0 amide bonds. The molecule has 6 rings (SSSR count). The first-order valence-electron chi connectivity index (χ1n) is 12.1. The Balaban J connectivity index is 1.13. The number of aromatic nitrogens is 2. The summed E-state index contributed by atoms with van der Waals surface area (Å²) >= 11 is 1.56. The van der Waals surface area contributed by atoms with E-state index in [9.17, 15) is 9.90 Å². The average Bonchev–Trinajstić information content (AvgIpc) is 3.47. The first-order chi connectivity index (χ1) is 17.1. The van der Waals surface area contributed by atoms with Crippen molar-refractivity contribution in [1.82, 2.24) is 10.1 Å². The summed E-state index contributed by atoms with van der Waals surface area (Å²) < 4.78 is 13.1. The molecular weight excluding hydrogens is 462 g/mol. The zero-order valence-electron chi connectivity index (χ0n) is 19.6. The van der Waals surface area contributed by atoms with E-state index in [1.165, 1.54) is 0 Å². The van der Waals surface area contributed by atoms with Gasteiger partial charge in [0.2, 0.25) is 0 Å². The Bertz CT molecular complexity index is 1370. The second-order valence-electron chi connectivity index (χ2n) is 9.45. The van der Waals surface area contributed by atoms with Crippen molar-refractivity contribution in [2.45, 2.75) is 51.2 Å². The Hall–Kier alpha value is -3.23. The lowest BCUT2D eigenvalue weighted by Gasteiger charge is -2.31. The lowest BCUT2D eigenvalue weighted by atomic mass is 10.0. The minimum Gasteiger partial charge on any atom is -0.478 e. The molecule has 180 valence electrons. The molecule has 0 spiro atoms. The van der Waals surface area contributed by atoms with Gasteiger partial charge in [-0.1, -0.05) is 46.8 Å². The van der Waals surface area contributed by atoms with Gasteiger partial charge >= 0.3 is 5.97 Å². The summed E-state index contributed by atoms with van der Waals surface area (Å²) in [7, 11) is 0. The second-order valence-corrected chi connectivity index (χ2v) is 10.5. The SMILES string of the molecule is Cc1cc(C(=O)O)cc2sc(N3CCC(OCc4c(-c5ccccc5)noc4C4CC4)CC3)nc12. The number of carboxylic acids is 1. The maximum Gasteiger partial charge on any atom is 0.335 e. The highest BCUT2D eigenvalue weighted by Crippen LogP contribution is 2.44. The number of hydrogen-bond donors (Lipinski definition) is 1. The molecule has 3 heterocycles. The number of fused-ring (bicyclic) bond motifs is 1. The van der Waals surface area contributed by atoms with E-state index in [4.69, 9.17) is 14.2 Å². The number of hydrogen-bond acceptors (Lipinski definition) is 7. The number of aromatic carboxylic acids is 1. The predicted octanol–water partition coefficient (Wildman–Crippen LogP) is 6.02. The van der Waals surface area contributed by atoms with Crippen molar-refractivity contribution in [2.75, 3.05) is 18.0 Å². The van der Waals surface area contributed by atoms with E-state index >= 15 is 0 Å². The van der Waals surface area contributed by atoms with Gasteiger partial charge in [-0.05, 0) is 50.3 Å². The molecule has 0 unspecified atom stereocenters. The minimum absolute atomic E-state index is 0.173. The molecule has 2 aliphatic rings. The first kappa shape index (κ1) is 22.2. The average molecular weight is 490 g/mol. The highest BCUT2D eigenvalue weighted by atomic mass is 32.1. The van der Waals surface area contributed by atoms with E-state index in [0.29, 0.717) is 18.1 Å². The lowest BCUT2D eigenvalue weighted by molar-refractivity contribution is 0.0246. The molecular formula is C27H27N3O4S. The molecule has 1 saturated heterocycles. The van der Waals surface area contributed by atoms with Gasteiger partial charge in [-0.25, -0.2) is 9.78 Å². The van der Waals surface area contributed by atoms with Crippen LogP contribution in [0, 0.1) is 6.92 Å². The Kier molecular flexibility index (Phi) is 5.78. The van der Waals surface area contributed by atoms with Gasteiger partial charge in [0.1, 0.15) is 11.5 Å². The number of piperidine rings is 1. The van der Waals surface area contributed by atoms with E-state index in [1.807, 2.05) is 25.1 Å². The minimum atomic E-state index is -0.906. The van der Waals surface area contributed by atoms with Crippen LogP contribution in [0.2, 0.25) is 0 Å². The third-order valence-corrected chi connectivity index (χ3v) is 7.97. The second kappa shape index (κ2) is 9.09. The number of benzene rings is 2. The Labute approximate surface area is 207 Å². The number of carboxylic acid groups (broad SMARTS) is 1. The van der Waals surface area contributed by atoms with Crippen LogP contribution in [0.25, 0.3) is 21.5 Å². The van der Waals surface area contributed by atoms with E-state index in [0.717, 1.165) is 82.3 Å². The molecule has 0 atom stereocenters. The molecule has 35 heavy (non-hydrogen) atoms. The van der Waals surface area contributed by atoms with Crippen LogP contribution in [-0.4, -0.2) is 40.4 Å². The van der Waals surface area contributed by atoms with Crippen molar-refractivity contribution < 1.29 is 19.2 Å². The van der Waals surface area contributed by atoms with Crippen LogP contribution in [0.1, 0.15) is 58.8 Å². The smallest absolute Gasteiger partial charge is 0.335 e. The molecule has 0 radical (unpaired) electrons. The number of nitrogens with zero attached hydrogens (tertiary/aromatic N) is 3. The van der Waals surface area contributed by atoms with E-state index in [1.54, 1.807) is 23.5 Å². The summed E-state index contributed by atoms with van der Waals surface area (Å²) in [5.41, 5.74) is 5.16. The van der Waals surface area contributed by atoms with Gasteiger partial charge in [-0.3, -0.25) is 0 Å². The van der Waals surface area contributed by atoms with Crippen molar-refractivity contribution in [3.05, 3.63) is 64.9 Å². The summed E-state index contributed by atoms with van der Waals surface area (Å²) in [6.45, 7) is 4.16. The molecule has 1 aliphatic carbocycles. The fraction of sp³-hybridized carbons (Fsp3) is 0.370. The number of anilines is 1. The maximum absolute atomic E-state index is 11.4. The van der Waals surface area contributed by atoms with Crippen molar-refractivity contribution in [3.63, 3.8) is 0 Å². The molecule has 2 aromatic heterocycles. The van der Waals surface area contributed by atoms with Crippen LogP contribution in [0.3, 0.4) is 0 Å². The molecule has 0 bridgehead atoms. The van der Waals surface area contributed by atoms with Crippen molar-refractivity contribution in [2.24, 2.45) is 0 Å². The fourth-order valence-electron chi connectivity index (χ4n) is 4.81. The van der Waals surface area contributed by atoms with Crippen molar-refractivity contribution in [3.8, 4) is 11.3 Å². The summed E-state index contributed by atoms with van der Waals surface area (Å²) in [6.07, 6.45) is 4.32. The summed E-state index contributed by atoms with van der Waals surface area (Å²) in [4.78, 5) is 18.5. The highest BCUT2D eigenvalue weighted by molar-refractivity contribution is 7.22. The molecule has 1 aliphatic heterocycles. The van der Waals surface area contributed by atoms with E-state index in [-0.39, 0.29) is 6.10 Å². The molecule has 4 aromatic rings. The number of rotatable bonds is 7. The van der Waals surface area contributed by atoms with Gasteiger partial charge in [0, 0.05) is 30.1 Å². The zero-order valence-corrected chi connectivity index (χ0v) is 20.4. The largest absolute Gasteiger partial charge is 0.478 e. The summed E-state index contributed by atoms with van der Waals surface area (Å²) in [5, 5.41) is 14.7. The van der Waals surface area contributed by atoms with E-state index < -0.39 is 5.97 Å².